The zero-order valence-corrected chi connectivity index (χ0v) is 13.7. The van der Waals surface area contributed by atoms with E-state index in [2.05, 4.69) is 60.2 Å². The molecule has 0 aliphatic carbocycles. The van der Waals surface area contributed by atoms with Gasteiger partial charge in [-0.05, 0) is 56.2 Å². The Labute approximate surface area is 131 Å². The van der Waals surface area contributed by atoms with Crippen molar-refractivity contribution in [2.24, 2.45) is 0 Å². The first-order chi connectivity index (χ1) is 10.2. The van der Waals surface area contributed by atoms with Crippen molar-refractivity contribution >= 4 is 22.7 Å². The molecule has 1 N–H and O–H groups in total. The third kappa shape index (κ3) is 2.95. The highest BCUT2D eigenvalue weighted by molar-refractivity contribution is 8.00. The summed E-state index contributed by atoms with van der Waals surface area (Å²) in [5.74, 6) is 1.28. The number of nitrogens with one attached hydrogen (secondary N) is 1. The first kappa shape index (κ1) is 14.9. The van der Waals surface area contributed by atoms with Gasteiger partial charge in [-0.2, -0.15) is 11.8 Å². The molecule has 2 atom stereocenters. The number of fused-ring (bicyclic) bond motifs is 1. The van der Waals surface area contributed by atoms with Crippen molar-refractivity contribution in [2.75, 3.05) is 12.3 Å². The summed E-state index contributed by atoms with van der Waals surface area (Å²) in [4.78, 5) is 4.52. The van der Waals surface area contributed by atoms with Crippen molar-refractivity contribution in [3.63, 3.8) is 0 Å². The number of nitrogens with zero attached hydrogens (tertiary/aromatic N) is 1. The average molecular weight is 300 g/mol. The molecule has 2 aromatic rings. The lowest BCUT2D eigenvalue weighted by molar-refractivity contribution is 0.415. The van der Waals surface area contributed by atoms with Crippen molar-refractivity contribution < 1.29 is 0 Å². The lowest BCUT2D eigenvalue weighted by atomic mass is 9.88. The van der Waals surface area contributed by atoms with Crippen LogP contribution >= 0.6 is 11.8 Å². The number of rotatable bonds is 5. The molecule has 0 radical (unpaired) electrons. The lowest BCUT2D eigenvalue weighted by Crippen LogP contribution is -2.38. The van der Waals surface area contributed by atoms with Crippen LogP contribution in [-0.4, -0.2) is 22.0 Å². The van der Waals surface area contributed by atoms with Gasteiger partial charge < -0.3 is 5.32 Å². The molecule has 1 aromatic carbocycles. The minimum Gasteiger partial charge on any atom is -0.309 e. The van der Waals surface area contributed by atoms with Crippen LogP contribution in [0, 0.1) is 0 Å². The SMILES string of the molecule is CCCNC(c1cccc2ncccc12)C1(C)CCCS1. The van der Waals surface area contributed by atoms with Gasteiger partial charge in [0.25, 0.3) is 0 Å². The van der Waals surface area contributed by atoms with Crippen molar-refractivity contribution in [1.82, 2.24) is 10.3 Å². The highest BCUT2D eigenvalue weighted by Gasteiger charge is 2.39. The van der Waals surface area contributed by atoms with Crippen molar-refractivity contribution in [1.29, 1.82) is 0 Å². The summed E-state index contributed by atoms with van der Waals surface area (Å²) >= 11 is 2.12. The normalized spacial score (nSPS) is 23.5. The first-order valence-electron chi connectivity index (χ1n) is 7.95. The number of hydrogen-bond acceptors (Lipinski definition) is 3. The number of benzene rings is 1. The maximum Gasteiger partial charge on any atom is 0.0705 e. The summed E-state index contributed by atoms with van der Waals surface area (Å²) in [6, 6.07) is 11.2. The second-order valence-electron chi connectivity index (χ2n) is 6.07. The quantitative estimate of drug-likeness (QED) is 0.876. The fourth-order valence-electron chi connectivity index (χ4n) is 3.35. The minimum atomic E-state index is 0.291. The summed E-state index contributed by atoms with van der Waals surface area (Å²) in [6.45, 7) is 5.73. The molecule has 1 aliphatic heterocycles. The zero-order valence-electron chi connectivity index (χ0n) is 12.9. The van der Waals surface area contributed by atoms with Crippen LogP contribution in [0.2, 0.25) is 0 Å². The molecule has 0 amide bonds. The second kappa shape index (κ2) is 6.37. The molecule has 1 aliphatic rings. The van der Waals surface area contributed by atoms with Crippen LogP contribution in [0.25, 0.3) is 10.9 Å². The molecule has 3 heteroatoms. The molecule has 2 heterocycles. The summed E-state index contributed by atoms with van der Waals surface area (Å²) in [5, 5.41) is 5.11. The fraction of sp³-hybridized carbons (Fsp3) is 0.500. The molecule has 3 rings (SSSR count). The molecule has 21 heavy (non-hydrogen) atoms. The van der Waals surface area contributed by atoms with Crippen LogP contribution in [-0.2, 0) is 0 Å². The predicted octanol–water partition coefficient (Wildman–Crippen LogP) is 4.56. The monoisotopic (exact) mass is 300 g/mol. The van der Waals surface area contributed by atoms with Crippen molar-refractivity contribution in [3.05, 3.63) is 42.1 Å². The van der Waals surface area contributed by atoms with Gasteiger partial charge in [0.15, 0.2) is 0 Å². The van der Waals surface area contributed by atoms with Gasteiger partial charge in [-0.15, -0.1) is 0 Å². The number of pyridine rings is 1. The van der Waals surface area contributed by atoms with Gasteiger partial charge in [0.1, 0.15) is 0 Å². The second-order valence-corrected chi connectivity index (χ2v) is 7.70. The predicted molar refractivity (Wildman–Crippen MR) is 92.9 cm³/mol. The Kier molecular flexibility index (Phi) is 4.51. The maximum atomic E-state index is 4.52. The standard InChI is InChI=1S/C18H24N2S/c1-3-11-20-17(18(2)10-6-13-21-18)15-7-4-9-16-14(15)8-5-12-19-16/h4-5,7-9,12,17,20H,3,6,10-11,13H2,1-2H3. The van der Waals surface area contributed by atoms with E-state index >= 15 is 0 Å². The van der Waals surface area contributed by atoms with E-state index in [9.17, 15) is 0 Å². The van der Waals surface area contributed by atoms with Gasteiger partial charge in [0, 0.05) is 22.4 Å². The summed E-state index contributed by atoms with van der Waals surface area (Å²) < 4.78 is 0.291. The van der Waals surface area contributed by atoms with Gasteiger partial charge in [-0.3, -0.25) is 4.98 Å². The molecule has 1 fully saturated rings. The minimum absolute atomic E-state index is 0.291. The van der Waals surface area contributed by atoms with E-state index in [-0.39, 0.29) is 0 Å². The van der Waals surface area contributed by atoms with Crippen LogP contribution in [0.1, 0.15) is 44.7 Å². The van der Waals surface area contributed by atoms with Crippen molar-refractivity contribution in [3.8, 4) is 0 Å². The molecule has 2 nitrogen and oxygen atoms in total. The van der Waals surface area contributed by atoms with Gasteiger partial charge >= 0.3 is 0 Å². The topological polar surface area (TPSA) is 24.9 Å². The van der Waals surface area contributed by atoms with E-state index in [4.69, 9.17) is 0 Å². The van der Waals surface area contributed by atoms with E-state index in [1.54, 1.807) is 0 Å². The van der Waals surface area contributed by atoms with E-state index in [0.29, 0.717) is 10.8 Å². The Morgan fingerprint density at radius 3 is 3.00 bits per heavy atom. The first-order valence-corrected chi connectivity index (χ1v) is 8.94. The number of hydrogen-bond donors (Lipinski definition) is 1. The molecule has 1 saturated heterocycles. The molecular weight excluding hydrogens is 276 g/mol. The fourth-order valence-corrected chi connectivity index (χ4v) is 4.77. The zero-order chi connectivity index (χ0) is 14.7. The summed E-state index contributed by atoms with van der Waals surface area (Å²) in [6.07, 6.45) is 5.66. The maximum absolute atomic E-state index is 4.52. The highest BCUT2D eigenvalue weighted by atomic mass is 32.2. The Morgan fingerprint density at radius 2 is 2.24 bits per heavy atom. The molecule has 0 spiro atoms. The molecule has 112 valence electrons. The van der Waals surface area contributed by atoms with Crippen LogP contribution in [0.5, 0.6) is 0 Å². The Hall–Kier alpha value is -1.06. The third-order valence-corrected chi connectivity index (χ3v) is 6.04. The van der Waals surface area contributed by atoms with Crippen LogP contribution in [0.15, 0.2) is 36.5 Å². The van der Waals surface area contributed by atoms with Gasteiger partial charge in [-0.1, -0.05) is 25.1 Å². The van der Waals surface area contributed by atoms with Gasteiger partial charge in [0.05, 0.1) is 5.52 Å². The Morgan fingerprint density at radius 1 is 1.33 bits per heavy atom. The van der Waals surface area contributed by atoms with Crippen LogP contribution < -0.4 is 5.32 Å². The lowest BCUT2D eigenvalue weighted by Gasteiger charge is -2.35. The van der Waals surface area contributed by atoms with E-state index in [0.717, 1.165) is 12.1 Å². The highest BCUT2D eigenvalue weighted by Crippen LogP contribution is 2.47. The molecule has 0 saturated carbocycles. The van der Waals surface area contributed by atoms with E-state index in [1.165, 1.54) is 36.0 Å². The van der Waals surface area contributed by atoms with Gasteiger partial charge in [0.2, 0.25) is 0 Å². The van der Waals surface area contributed by atoms with Crippen LogP contribution in [0.3, 0.4) is 0 Å². The van der Waals surface area contributed by atoms with Crippen LogP contribution in [0.4, 0.5) is 0 Å². The van der Waals surface area contributed by atoms with Crippen molar-refractivity contribution in [2.45, 2.75) is 43.9 Å². The Bertz CT molecular complexity index is 600. The molecular formula is C18H24N2S. The summed E-state index contributed by atoms with van der Waals surface area (Å²) in [5.41, 5.74) is 2.51. The summed E-state index contributed by atoms with van der Waals surface area (Å²) in [7, 11) is 0. The molecule has 0 bridgehead atoms. The molecule has 1 aromatic heterocycles. The van der Waals surface area contributed by atoms with Gasteiger partial charge in [-0.25, -0.2) is 0 Å². The average Bonchev–Trinajstić information content (AvgIpc) is 2.95. The molecule has 2 unspecified atom stereocenters. The number of aromatic nitrogens is 1. The third-order valence-electron chi connectivity index (χ3n) is 4.45. The largest absolute Gasteiger partial charge is 0.309 e. The van der Waals surface area contributed by atoms with E-state index < -0.39 is 0 Å². The number of thioether (sulfide) groups is 1. The Balaban J connectivity index is 2.05. The smallest absolute Gasteiger partial charge is 0.0705 e. The van der Waals surface area contributed by atoms with E-state index in [1.807, 2.05) is 12.3 Å².